The lowest BCUT2D eigenvalue weighted by molar-refractivity contribution is -0.139. The van der Waals surface area contributed by atoms with Gasteiger partial charge in [-0.25, -0.2) is 9.78 Å². The van der Waals surface area contributed by atoms with Crippen molar-refractivity contribution in [3.05, 3.63) is 12.3 Å². The molecule has 1 spiro atoms. The van der Waals surface area contributed by atoms with Gasteiger partial charge in [-0.1, -0.05) is 0 Å². The predicted molar refractivity (Wildman–Crippen MR) is 123 cm³/mol. The van der Waals surface area contributed by atoms with Gasteiger partial charge in [0.15, 0.2) is 11.6 Å². The summed E-state index contributed by atoms with van der Waals surface area (Å²) in [4.78, 5) is 36.3. The van der Waals surface area contributed by atoms with Crippen molar-refractivity contribution >= 4 is 23.5 Å². The van der Waals surface area contributed by atoms with Crippen molar-refractivity contribution in [1.29, 1.82) is 0 Å². The average molecular weight is 459 g/mol. The molecule has 2 amide bonds. The molecule has 1 aromatic heterocycles. The number of amides is 2. The van der Waals surface area contributed by atoms with Crippen LogP contribution in [0.15, 0.2) is 12.3 Å². The summed E-state index contributed by atoms with van der Waals surface area (Å²) in [6, 6.07) is 2.10. The molecule has 3 aliphatic heterocycles. The number of hydrogen-bond acceptors (Lipinski definition) is 7. The molecule has 1 unspecified atom stereocenters. The van der Waals surface area contributed by atoms with E-state index in [0.717, 1.165) is 70.3 Å². The first-order valence-electron chi connectivity index (χ1n) is 12.2. The van der Waals surface area contributed by atoms with Crippen LogP contribution < -0.4 is 14.5 Å². The van der Waals surface area contributed by atoms with Crippen LogP contribution in [-0.2, 0) is 9.53 Å². The molecule has 5 rings (SSSR count). The third-order valence-electron chi connectivity index (χ3n) is 7.85. The molecule has 1 aliphatic carbocycles. The molecular weight excluding hydrogens is 424 g/mol. The van der Waals surface area contributed by atoms with Gasteiger partial charge in [0.05, 0.1) is 37.1 Å². The Labute approximate surface area is 194 Å². The van der Waals surface area contributed by atoms with Gasteiger partial charge >= 0.3 is 6.09 Å². The van der Waals surface area contributed by atoms with E-state index in [1.165, 1.54) is 0 Å². The summed E-state index contributed by atoms with van der Waals surface area (Å²) >= 11 is 0. The first-order chi connectivity index (χ1) is 16.0. The highest BCUT2D eigenvalue weighted by Gasteiger charge is 2.51. The van der Waals surface area contributed by atoms with Crippen LogP contribution in [0.2, 0.25) is 0 Å². The Hall–Kier alpha value is -2.55. The smallest absolute Gasteiger partial charge is 0.414 e. The van der Waals surface area contributed by atoms with Crippen molar-refractivity contribution in [3.8, 4) is 5.75 Å². The zero-order valence-corrected chi connectivity index (χ0v) is 19.4. The number of rotatable bonds is 4. The summed E-state index contributed by atoms with van der Waals surface area (Å²) in [5.74, 6) is 1.59. The number of piperidine rings is 1. The third kappa shape index (κ3) is 4.11. The van der Waals surface area contributed by atoms with E-state index < -0.39 is 0 Å². The minimum atomic E-state index is -0.379. The summed E-state index contributed by atoms with van der Waals surface area (Å²) in [6.45, 7) is 3.29. The van der Waals surface area contributed by atoms with E-state index in [0.29, 0.717) is 31.1 Å². The summed E-state index contributed by atoms with van der Waals surface area (Å²) < 4.78 is 10.8. The fourth-order valence-corrected chi connectivity index (χ4v) is 6.01. The van der Waals surface area contributed by atoms with Gasteiger partial charge in [-0.15, -0.1) is 0 Å². The van der Waals surface area contributed by atoms with Gasteiger partial charge in [0.25, 0.3) is 0 Å². The summed E-state index contributed by atoms with van der Waals surface area (Å²) in [5, 5.41) is 9.85. The molecule has 4 heterocycles. The molecule has 1 aromatic rings. The Balaban J connectivity index is 1.33. The quantitative estimate of drug-likeness (QED) is 0.741. The van der Waals surface area contributed by atoms with E-state index in [2.05, 4.69) is 14.8 Å². The number of nitrogens with zero attached hydrogens (tertiary/aromatic N) is 4. The first-order valence-corrected chi connectivity index (χ1v) is 12.2. The van der Waals surface area contributed by atoms with Crippen LogP contribution >= 0.6 is 0 Å². The van der Waals surface area contributed by atoms with Gasteiger partial charge in [0.2, 0.25) is 5.91 Å². The Kier molecular flexibility index (Phi) is 6.07. The number of aliphatic hydroxyl groups excluding tert-OH is 1. The fourth-order valence-electron chi connectivity index (χ4n) is 6.01. The van der Waals surface area contributed by atoms with Gasteiger partial charge in [-0.05, 0) is 51.4 Å². The highest BCUT2D eigenvalue weighted by Crippen LogP contribution is 2.44. The molecule has 0 radical (unpaired) electrons. The van der Waals surface area contributed by atoms with Crippen molar-refractivity contribution < 1.29 is 24.2 Å². The Morgan fingerprint density at radius 3 is 2.70 bits per heavy atom. The summed E-state index contributed by atoms with van der Waals surface area (Å²) in [7, 11) is 1.61. The van der Waals surface area contributed by atoms with E-state index in [1.807, 2.05) is 6.07 Å². The predicted octanol–water partition coefficient (Wildman–Crippen LogP) is 2.56. The van der Waals surface area contributed by atoms with E-state index in [-0.39, 0.29) is 29.6 Å². The zero-order chi connectivity index (χ0) is 23.0. The average Bonchev–Trinajstić information content (AvgIpc) is 3.14. The maximum atomic E-state index is 13.6. The van der Waals surface area contributed by atoms with Gasteiger partial charge < -0.3 is 24.4 Å². The molecule has 1 N–H and O–H groups in total. The number of anilines is 2. The minimum Gasteiger partial charge on any atom is -0.493 e. The number of ether oxygens (including phenoxy) is 2. The monoisotopic (exact) mass is 458 g/mol. The fraction of sp³-hybridized carbons (Fsp3) is 0.708. The van der Waals surface area contributed by atoms with Crippen LogP contribution in [-0.4, -0.2) is 79.0 Å². The summed E-state index contributed by atoms with van der Waals surface area (Å²) in [5.41, 5.74) is 0.283. The minimum absolute atomic E-state index is 0.216. The molecule has 1 atom stereocenters. The molecule has 4 fully saturated rings. The lowest BCUT2D eigenvalue weighted by atomic mass is 9.78. The van der Waals surface area contributed by atoms with Crippen molar-refractivity contribution in [3.63, 3.8) is 0 Å². The van der Waals surface area contributed by atoms with E-state index in [4.69, 9.17) is 9.47 Å². The molecule has 4 aliphatic rings. The van der Waals surface area contributed by atoms with E-state index >= 15 is 0 Å². The number of pyridine rings is 1. The standard InChI is InChI=1S/C24H34N4O5/c1-32-20-14-18(28-11-3-13-33-23(28)31)15-25-21(20)26-10-2-8-24(16-26)9-12-27(22(24)30)17-4-6-19(29)7-5-17/h14-15,17,19,29H,2-13,16H2,1H3. The highest BCUT2D eigenvalue weighted by molar-refractivity contribution is 5.89. The SMILES string of the molecule is COc1cc(N2CCCOC2=O)cnc1N1CCCC2(CCN(C3CCC(O)CC3)C2=O)C1. The number of likely N-dealkylation sites (tertiary alicyclic amines) is 1. The lowest BCUT2D eigenvalue weighted by Crippen LogP contribution is -2.50. The van der Waals surface area contributed by atoms with E-state index in [9.17, 15) is 14.7 Å². The van der Waals surface area contributed by atoms with Crippen molar-refractivity contribution in [1.82, 2.24) is 9.88 Å². The Bertz CT molecular complexity index is 903. The van der Waals surface area contributed by atoms with Gasteiger partial charge in [0.1, 0.15) is 0 Å². The van der Waals surface area contributed by atoms with Crippen molar-refractivity contribution in [2.24, 2.45) is 5.41 Å². The second-order valence-electron chi connectivity index (χ2n) is 9.86. The lowest BCUT2D eigenvalue weighted by Gasteiger charge is -2.41. The molecule has 0 bridgehead atoms. The highest BCUT2D eigenvalue weighted by atomic mass is 16.6. The summed E-state index contributed by atoms with van der Waals surface area (Å²) in [6.07, 6.45) is 7.93. The topological polar surface area (TPSA) is 95.4 Å². The van der Waals surface area contributed by atoms with Crippen LogP contribution in [0, 0.1) is 5.41 Å². The van der Waals surface area contributed by atoms with Crippen LogP contribution in [0.1, 0.15) is 51.4 Å². The second kappa shape index (κ2) is 9.00. The Morgan fingerprint density at radius 2 is 1.94 bits per heavy atom. The normalized spacial score (nSPS) is 30.7. The number of carbonyl (C=O) groups is 2. The van der Waals surface area contributed by atoms with Crippen LogP contribution in [0.5, 0.6) is 5.75 Å². The first kappa shape index (κ1) is 22.3. The number of methoxy groups -OCH3 is 1. The van der Waals surface area contributed by atoms with Crippen molar-refractivity contribution in [2.75, 3.05) is 49.7 Å². The molecule has 9 heteroatoms. The Morgan fingerprint density at radius 1 is 1.12 bits per heavy atom. The molecule has 3 saturated heterocycles. The molecule has 0 aromatic carbocycles. The third-order valence-corrected chi connectivity index (χ3v) is 7.85. The number of hydrogen-bond donors (Lipinski definition) is 1. The zero-order valence-electron chi connectivity index (χ0n) is 19.4. The van der Waals surface area contributed by atoms with Crippen LogP contribution in [0.25, 0.3) is 0 Å². The number of carbonyl (C=O) groups excluding carboxylic acids is 2. The molecule has 33 heavy (non-hydrogen) atoms. The largest absolute Gasteiger partial charge is 0.493 e. The maximum Gasteiger partial charge on any atom is 0.414 e. The van der Waals surface area contributed by atoms with Gasteiger partial charge in [-0.3, -0.25) is 9.69 Å². The number of aromatic nitrogens is 1. The van der Waals surface area contributed by atoms with Crippen molar-refractivity contribution in [2.45, 2.75) is 63.5 Å². The van der Waals surface area contributed by atoms with Gasteiger partial charge in [-0.2, -0.15) is 0 Å². The van der Waals surface area contributed by atoms with Crippen LogP contribution in [0.3, 0.4) is 0 Å². The second-order valence-corrected chi connectivity index (χ2v) is 9.86. The number of cyclic esters (lactones) is 1. The van der Waals surface area contributed by atoms with Crippen LogP contribution in [0.4, 0.5) is 16.3 Å². The van der Waals surface area contributed by atoms with E-state index in [1.54, 1.807) is 18.2 Å². The molecule has 180 valence electrons. The molecular formula is C24H34N4O5. The maximum absolute atomic E-state index is 13.6. The number of aliphatic hydroxyl groups is 1. The molecule has 9 nitrogen and oxygen atoms in total. The van der Waals surface area contributed by atoms with Gasteiger partial charge in [0, 0.05) is 38.3 Å². The molecule has 1 saturated carbocycles.